The zero-order valence-corrected chi connectivity index (χ0v) is 17.5. The van der Waals surface area contributed by atoms with Crippen molar-refractivity contribution >= 4 is 21.9 Å². The second-order valence-corrected chi connectivity index (χ2v) is 9.74. The molecule has 1 saturated heterocycles. The van der Waals surface area contributed by atoms with Gasteiger partial charge in [-0.1, -0.05) is 12.1 Å². The fourth-order valence-corrected chi connectivity index (χ4v) is 4.72. The standard InChI is InChI=1S/C19H28N2O5S/c1-13-14(2)21(12-11-20(13)18(23)26-19(4,5)6)27(24,25)17-9-7-16(8-10-17)15(3)22/h7-10,13-14H,11-12H2,1-6H3. The van der Waals surface area contributed by atoms with Crippen LogP contribution in [0.5, 0.6) is 0 Å². The third-order valence-corrected chi connectivity index (χ3v) is 6.70. The predicted molar refractivity (Wildman–Crippen MR) is 102 cm³/mol. The van der Waals surface area contributed by atoms with Crippen molar-refractivity contribution in [3.05, 3.63) is 29.8 Å². The molecule has 150 valence electrons. The Balaban J connectivity index is 2.21. The summed E-state index contributed by atoms with van der Waals surface area (Å²) < 4.78 is 32.9. The minimum Gasteiger partial charge on any atom is -0.444 e. The molecule has 27 heavy (non-hydrogen) atoms. The number of ether oxygens (including phenoxy) is 1. The quantitative estimate of drug-likeness (QED) is 0.734. The lowest BCUT2D eigenvalue weighted by molar-refractivity contribution is 0.000101. The Bertz CT molecular complexity index is 811. The Morgan fingerprint density at radius 2 is 1.59 bits per heavy atom. The van der Waals surface area contributed by atoms with Crippen LogP contribution in [0.15, 0.2) is 29.2 Å². The van der Waals surface area contributed by atoms with E-state index in [1.807, 2.05) is 6.92 Å². The van der Waals surface area contributed by atoms with Crippen LogP contribution in [0.2, 0.25) is 0 Å². The monoisotopic (exact) mass is 396 g/mol. The lowest BCUT2D eigenvalue weighted by Gasteiger charge is -2.44. The number of hydrogen-bond donors (Lipinski definition) is 0. The van der Waals surface area contributed by atoms with Crippen molar-refractivity contribution in [1.82, 2.24) is 9.21 Å². The second kappa shape index (κ2) is 7.59. The Hall–Kier alpha value is -1.93. The fraction of sp³-hybridized carbons (Fsp3) is 0.579. The summed E-state index contributed by atoms with van der Waals surface area (Å²) in [5.41, 5.74) is -0.146. The highest BCUT2D eigenvalue weighted by atomic mass is 32.2. The molecule has 0 radical (unpaired) electrons. The third-order valence-electron chi connectivity index (χ3n) is 4.70. The molecule has 1 aromatic carbocycles. The van der Waals surface area contributed by atoms with E-state index in [4.69, 9.17) is 4.74 Å². The van der Waals surface area contributed by atoms with Crippen molar-refractivity contribution in [3.63, 3.8) is 0 Å². The van der Waals surface area contributed by atoms with E-state index in [9.17, 15) is 18.0 Å². The van der Waals surface area contributed by atoms with Crippen LogP contribution in [-0.2, 0) is 14.8 Å². The lowest BCUT2D eigenvalue weighted by atomic mass is 10.1. The maximum Gasteiger partial charge on any atom is 0.410 e. The van der Waals surface area contributed by atoms with Crippen LogP contribution in [-0.4, -0.2) is 60.3 Å². The Morgan fingerprint density at radius 3 is 2.07 bits per heavy atom. The lowest BCUT2D eigenvalue weighted by Crippen LogP contribution is -2.60. The van der Waals surface area contributed by atoms with Crippen molar-refractivity contribution in [2.24, 2.45) is 0 Å². The van der Waals surface area contributed by atoms with Gasteiger partial charge in [0.1, 0.15) is 5.60 Å². The van der Waals surface area contributed by atoms with Gasteiger partial charge in [-0.25, -0.2) is 13.2 Å². The van der Waals surface area contributed by atoms with E-state index in [1.54, 1.807) is 32.6 Å². The number of benzene rings is 1. The van der Waals surface area contributed by atoms with E-state index < -0.39 is 27.8 Å². The van der Waals surface area contributed by atoms with Crippen LogP contribution in [0.3, 0.4) is 0 Å². The molecule has 0 aliphatic carbocycles. The number of rotatable bonds is 3. The normalized spacial score (nSPS) is 21.8. The van der Waals surface area contributed by atoms with Gasteiger partial charge in [0.2, 0.25) is 10.0 Å². The molecule has 2 rings (SSSR count). The van der Waals surface area contributed by atoms with Crippen LogP contribution < -0.4 is 0 Å². The number of piperazine rings is 1. The van der Waals surface area contributed by atoms with Gasteiger partial charge in [0.25, 0.3) is 0 Å². The first-order valence-corrected chi connectivity index (χ1v) is 10.4. The Labute approximate surface area is 161 Å². The molecule has 0 bridgehead atoms. The van der Waals surface area contributed by atoms with E-state index in [2.05, 4.69) is 0 Å². The fourth-order valence-electron chi connectivity index (χ4n) is 3.03. The molecule has 1 aliphatic heterocycles. The molecule has 1 aliphatic rings. The van der Waals surface area contributed by atoms with E-state index in [0.717, 1.165) is 0 Å². The molecule has 1 aromatic rings. The predicted octanol–water partition coefficient (Wildman–Crippen LogP) is 2.91. The van der Waals surface area contributed by atoms with Crippen LogP contribution in [0, 0.1) is 0 Å². The topological polar surface area (TPSA) is 84.0 Å². The molecule has 2 unspecified atom stereocenters. The smallest absolute Gasteiger partial charge is 0.410 e. The zero-order chi connectivity index (χ0) is 20.6. The number of hydrogen-bond acceptors (Lipinski definition) is 5. The van der Waals surface area contributed by atoms with Gasteiger partial charge in [-0.3, -0.25) is 4.79 Å². The third kappa shape index (κ3) is 4.68. The average molecular weight is 397 g/mol. The molecule has 7 nitrogen and oxygen atoms in total. The maximum absolute atomic E-state index is 13.0. The molecule has 0 aromatic heterocycles. The van der Waals surface area contributed by atoms with Gasteiger partial charge in [0.15, 0.2) is 5.78 Å². The number of Topliss-reactive ketones (excluding diaryl/α,β-unsaturated/α-hetero) is 1. The van der Waals surface area contributed by atoms with Gasteiger partial charge in [-0.2, -0.15) is 4.31 Å². The SMILES string of the molecule is CC(=O)c1ccc(S(=O)(=O)N2CCN(C(=O)OC(C)(C)C)C(C)C2C)cc1. The average Bonchev–Trinajstić information content (AvgIpc) is 2.55. The van der Waals surface area contributed by atoms with Crippen molar-refractivity contribution < 1.29 is 22.7 Å². The van der Waals surface area contributed by atoms with Gasteiger partial charge in [-0.15, -0.1) is 0 Å². The van der Waals surface area contributed by atoms with E-state index in [-0.39, 0.29) is 29.8 Å². The first kappa shape index (κ1) is 21.4. The van der Waals surface area contributed by atoms with Crippen molar-refractivity contribution in [3.8, 4) is 0 Å². The summed E-state index contributed by atoms with van der Waals surface area (Å²) in [6.45, 7) is 10.9. The first-order chi connectivity index (χ1) is 12.3. The molecular weight excluding hydrogens is 368 g/mol. The van der Waals surface area contributed by atoms with Crippen LogP contribution >= 0.6 is 0 Å². The summed E-state index contributed by atoms with van der Waals surface area (Å²) in [7, 11) is -3.73. The summed E-state index contributed by atoms with van der Waals surface area (Å²) in [6, 6.07) is 5.18. The van der Waals surface area contributed by atoms with Crippen molar-refractivity contribution in [2.45, 2.75) is 64.1 Å². The number of sulfonamides is 1. The maximum atomic E-state index is 13.0. The van der Waals surface area contributed by atoms with E-state index >= 15 is 0 Å². The second-order valence-electron chi connectivity index (χ2n) is 7.85. The highest BCUT2D eigenvalue weighted by Crippen LogP contribution is 2.26. The van der Waals surface area contributed by atoms with Gasteiger partial charge < -0.3 is 9.64 Å². The van der Waals surface area contributed by atoms with Gasteiger partial charge in [0.05, 0.1) is 4.90 Å². The summed E-state index contributed by atoms with van der Waals surface area (Å²) in [5.74, 6) is -0.119. The molecule has 0 saturated carbocycles. The highest BCUT2D eigenvalue weighted by Gasteiger charge is 2.41. The number of carbonyl (C=O) groups is 2. The Morgan fingerprint density at radius 1 is 1.04 bits per heavy atom. The molecule has 0 spiro atoms. The van der Waals surface area contributed by atoms with Crippen LogP contribution in [0.1, 0.15) is 51.9 Å². The van der Waals surface area contributed by atoms with E-state index in [1.165, 1.54) is 35.5 Å². The highest BCUT2D eigenvalue weighted by molar-refractivity contribution is 7.89. The van der Waals surface area contributed by atoms with E-state index in [0.29, 0.717) is 5.56 Å². The summed E-state index contributed by atoms with van der Waals surface area (Å²) in [5, 5.41) is 0. The zero-order valence-electron chi connectivity index (χ0n) is 16.7. The molecule has 1 fully saturated rings. The first-order valence-electron chi connectivity index (χ1n) is 8.97. The van der Waals surface area contributed by atoms with Crippen molar-refractivity contribution in [1.29, 1.82) is 0 Å². The summed E-state index contributed by atoms with van der Waals surface area (Å²) in [6.07, 6.45) is -0.440. The van der Waals surface area contributed by atoms with Crippen molar-refractivity contribution in [2.75, 3.05) is 13.1 Å². The molecular formula is C19H28N2O5S. The van der Waals surface area contributed by atoms with Crippen LogP contribution in [0.25, 0.3) is 0 Å². The van der Waals surface area contributed by atoms with Gasteiger partial charge in [0, 0.05) is 30.7 Å². The molecule has 1 heterocycles. The number of ketones is 1. The minimum atomic E-state index is -3.73. The van der Waals surface area contributed by atoms with Crippen LogP contribution in [0.4, 0.5) is 4.79 Å². The Kier molecular flexibility index (Phi) is 6.01. The number of nitrogens with zero attached hydrogens (tertiary/aromatic N) is 2. The summed E-state index contributed by atoms with van der Waals surface area (Å²) in [4.78, 5) is 25.5. The molecule has 8 heteroatoms. The molecule has 0 N–H and O–H groups in total. The molecule has 1 amide bonds. The molecule has 2 atom stereocenters. The number of amides is 1. The van der Waals surface area contributed by atoms with Gasteiger partial charge >= 0.3 is 6.09 Å². The summed E-state index contributed by atoms with van der Waals surface area (Å²) >= 11 is 0. The largest absolute Gasteiger partial charge is 0.444 e. The minimum absolute atomic E-state index is 0.119. The van der Waals surface area contributed by atoms with Gasteiger partial charge in [-0.05, 0) is 53.7 Å². The number of carbonyl (C=O) groups excluding carboxylic acids is 2.